The molecular formula is C18H30N2O. The molecule has 2 atom stereocenters. The molecule has 1 heterocycles. The van der Waals surface area contributed by atoms with E-state index in [0.29, 0.717) is 12.1 Å². The van der Waals surface area contributed by atoms with Crippen LogP contribution in [0.15, 0.2) is 24.3 Å². The lowest BCUT2D eigenvalue weighted by Crippen LogP contribution is -2.46. The van der Waals surface area contributed by atoms with Crippen LogP contribution < -0.4 is 5.32 Å². The van der Waals surface area contributed by atoms with Gasteiger partial charge in [0.25, 0.3) is 0 Å². The SMILES string of the molecule is CNCC1CN(C(C)c2ccc(CC(C)C)cc2)CCO1. The van der Waals surface area contributed by atoms with Gasteiger partial charge in [0.1, 0.15) is 0 Å². The second-order valence-corrected chi connectivity index (χ2v) is 6.56. The van der Waals surface area contributed by atoms with Gasteiger partial charge >= 0.3 is 0 Å². The zero-order valence-corrected chi connectivity index (χ0v) is 13.9. The number of ether oxygens (including phenoxy) is 1. The van der Waals surface area contributed by atoms with E-state index in [2.05, 4.69) is 55.3 Å². The molecular weight excluding hydrogens is 260 g/mol. The molecule has 2 unspecified atom stereocenters. The third kappa shape index (κ3) is 4.80. The lowest BCUT2D eigenvalue weighted by atomic mass is 9.99. The lowest BCUT2D eigenvalue weighted by molar-refractivity contribution is -0.0393. The van der Waals surface area contributed by atoms with Crippen molar-refractivity contribution >= 4 is 0 Å². The molecule has 1 aliphatic rings. The van der Waals surface area contributed by atoms with Gasteiger partial charge in [-0.15, -0.1) is 0 Å². The standard InChI is InChI=1S/C18H30N2O/c1-14(2)11-16-5-7-17(8-6-16)15(3)20-9-10-21-18(13-20)12-19-4/h5-8,14-15,18-19H,9-13H2,1-4H3. The number of rotatable bonds is 6. The Labute approximate surface area is 129 Å². The molecule has 0 aliphatic carbocycles. The summed E-state index contributed by atoms with van der Waals surface area (Å²) >= 11 is 0. The number of nitrogens with one attached hydrogen (secondary N) is 1. The van der Waals surface area contributed by atoms with Crippen molar-refractivity contribution in [2.75, 3.05) is 33.3 Å². The molecule has 0 aromatic heterocycles. The number of likely N-dealkylation sites (N-methyl/N-ethyl adjacent to an activating group) is 1. The molecule has 2 rings (SSSR count). The van der Waals surface area contributed by atoms with Crippen LogP contribution in [0.5, 0.6) is 0 Å². The molecule has 0 spiro atoms. The minimum atomic E-state index is 0.311. The van der Waals surface area contributed by atoms with E-state index in [4.69, 9.17) is 4.74 Å². The summed E-state index contributed by atoms with van der Waals surface area (Å²) in [5.74, 6) is 0.717. The summed E-state index contributed by atoms with van der Waals surface area (Å²) in [6.07, 6.45) is 1.47. The Morgan fingerprint density at radius 2 is 1.95 bits per heavy atom. The van der Waals surface area contributed by atoms with Crippen molar-refractivity contribution in [1.29, 1.82) is 0 Å². The van der Waals surface area contributed by atoms with Crippen LogP contribution in [0.3, 0.4) is 0 Å². The second kappa shape index (κ2) is 7.92. The van der Waals surface area contributed by atoms with Gasteiger partial charge in [-0.2, -0.15) is 0 Å². The van der Waals surface area contributed by atoms with Crippen molar-refractivity contribution < 1.29 is 4.74 Å². The summed E-state index contributed by atoms with van der Waals surface area (Å²) in [4.78, 5) is 2.53. The maximum Gasteiger partial charge on any atom is 0.0826 e. The highest BCUT2D eigenvalue weighted by Crippen LogP contribution is 2.23. The summed E-state index contributed by atoms with van der Waals surface area (Å²) in [5, 5.41) is 3.21. The molecule has 0 amide bonds. The third-order valence-corrected chi connectivity index (χ3v) is 4.26. The van der Waals surface area contributed by atoms with Gasteiger partial charge in [-0.3, -0.25) is 4.90 Å². The first-order valence-corrected chi connectivity index (χ1v) is 8.19. The van der Waals surface area contributed by atoms with Crippen LogP contribution in [0, 0.1) is 5.92 Å². The van der Waals surface area contributed by atoms with Crippen molar-refractivity contribution in [1.82, 2.24) is 10.2 Å². The first kappa shape index (κ1) is 16.5. The van der Waals surface area contributed by atoms with Crippen molar-refractivity contribution in [3.05, 3.63) is 35.4 Å². The Morgan fingerprint density at radius 3 is 2.57 bits per heavy atom. The minimum Gasteiger partial charge on any atom is -0.374 e. The maximum absolute atomic E-state index is 5.79. The van der Waals surface area contributed by atoms with E-state index in [-0.39, 0.29) is 0 Å². The monoisotopic (exact) mass is 290 g/mol. The van der Waals surface area contributed by atoms with E-state index in [1.54, 1.807) is 0 Å². The van der Waals surface area contributed by atoms with E-state index in [1.165, 1.54) is 11.1 Å². The highest BCUT2D eigenvalue weighted by molar-refractivity contribution is 5.25. The number of benzene rings is 1. The zero-order chi connectivity index (χ0) is 15.2. The van der Waals surface area contributed by atoms with Gasteiger partial charge in [0, 0.05) is 25.7 Å². The summed E-state index contributed by atoms with van der Waals surface area (Å²) < 4.78 is 5.79. The summed E-state index contributed by atoms with van der Waals surface area (Å²) in [6.45, 7) is 10.6. The molecule has 0 radical (unpaired) electrons. The van der Waals surface area contributed by atoms with E-state index < -0.39 is 0 Å². The van der Waals surface area contributed by atoms with Gasteiger partial charge in [-0.25, -0.2) is 0 Å². The van der Waals surface area contributed by atoms with Crippen molar-refractivity contribution in [3.8, 4) is 0 Å². The molecule has 1 saturated heterocycles. The first-order chi connectivity index (χ1) is 10.1. The van der Waals surface area contributed by atoms with Crippen LogP contribution in [0.2, 0.25) is 0 Å². The Morgan fingerprint density at radius 1 is 1.24 bits per heavy atom. The third-order valence-electron chi connectivity index (χ3n) is 4.26. The van der Waals surface area contributed by atoms with Gasteiger partial charge in [0.2, 0.25) is 0 Å². The van der Waals surface area contributed by atoms with Crippen molar-refractivity contribution in [3.63, 3.8) is 0 Å². The number of hydrogen-bond donors (Lipinski definition) is 1. The van der Waals surface area contributed by atoms with Gasteiger partial charge in [0.05, 0.1) is 12.7 Å². The fraction of sp³-hybridized carbons (Fsp3) is 0.667. The quantitative estimate of drug-likeness (QED) is 0.872. The molecule has 1 N–H and O–H groups in total. The lowest BCUT2D eigenvalue weighted by Gasteiger charge is -2.37. The highest BCUT2D eigenvalue weighted by Gasteiger charge is 2.24. The summed E-state index contributed by atoms with van der Waals surface area (Å²) in [6, 6.07) is 9.63. The van der Waals surface area contributed by atoms with E-state index in [9.17, 15) is 0 Å². The molecule has 1 fully saturated rings. The normalized spacial score (nSPS) is 21.7. The molecule has 1 aliphatic heterocycles. The van der Waals surface area contributed by atoms with Crippen LogP contribution in [0.4, 0.5) is 0 Å². The predicted octanol–water partition coefficient (Wildman–Crippen LogP) is 2.87. The topological polar surface area (TPSA) is 24.5 Å². The molecule has 1 aromatic rings. The Hall–Kier alpha value is -0.900. The number of nitrogens with zero attached hydrogens (tertiary/aromatic N) is 1. The molecule has 1 aromatic carbocycles. The van der Waals surface area contributed by atoms with Gasteiger partial charge in [0.15, 0.2) is 0 Å². The van der Waals surface area contributed by atoms with Gasteiger partial charge in [-0.05, 0) is 37.4 Å². The first-order valence-electron chi connectivity index (χ1n) is 8.19. The Balaban J connectivity index is 1.97. The van der Waals surface area contributed by atoms with Gasteiger partial charge < -0.3 is 10.1 Å². The smallest absolute Gasteiger partial charge is 0.0826 e. The average molecular weight is 290 g/mol. The summed E-state index contributed by atoms with van der Waals surface area (Å²) in [5.41, 5.74) is 2.85. The maximum atomic E-state index is 5.79. The van der Waals surface area contributed by atoms with E-state index in [0.717, 1.165) is 38.6 Å². The predicted molar refractivity (Wildman–Crippen MR) is 88.6 cm³/mol. The second-order valence-electron chi connectivity index (χ2n) is 6.56. The van der Waals surface area contributed by atoms with Crippen LogP contribution in [-0.4, -0.2) is 44.3 Å². The molecule has 3 nitrogen and oxygen atoms in total. The van der Waals surface area contributed by atoms with Crippen LogP contribution >= 0.6 is 0 Å². The van der Waals surface area contributed by atoms with Crippen LogP contribution in [-0.2, 0) is 11.2 Å². The molecule has 0 saturated carbocycles. The number of hydrogen-bond acceptors (Lipinski definition) is 3. The van der Waals surface area contributed by atoms with Gasteiger partial charge in [-0.1, -0.05) is 38.1 Å². The fourth-order valence-corrected chi connectivity index (χ4v) is 3.06. The largest absolute Gasteiger partial charge is 0.374 e. The van der Waals surface area contributed by atoms with Crippen LogP contribution in [0.1, 0.15) is 37.9 Å². The minimum absolute atomic E-state index is 0.311. The Kier molecular flexibility index (Phi) is 6.22. The molecule has 3 heteroatoms. The fourth-order valence-electron chi connectivity index (χ4n) is 3.06. The van der Waals surface area contributed by atoms with E-state index >= 15 is 0 Å². The summed E-state index contributed by atoms with van der Waals surface area (Å²) in [7, 11) is 1.99. The van der Waals surface area contributed by atoms with Crippen molar-refractivity contribution in [2.45, 2.75) is 39.3 Å². The highest BCUT2D eigenvalue weighted by atomic mass is 16.5. The molecule has 21 heavy (non-hydrogen) atoms. The van der Waals surface area contributed by atoms with Crippen LogP contribution in [0.25, 0.3) is 0 Å². The number of morpholine rings is 1. The molecule has 118 valence electrons. The molecule has 0 bridgehead atoms. The zero-order valence-electron chi connectivity index (χ0n) is 13.9. The van der Waals surface area contributed by atoms with E-state index in [1.807, 2.05) is 7.05 Å². The van der Waals surface area contributed by atoms with Crippen molar-refractivity contribution in [2.24, 2.45) is 5.92 Å². The Bertz CT molecular complexity index is 414. The average Bonchev–Trinajstić information content (AvgIpc) is 2.47.